The number of carboxylic acids is 2. The number of nitrogens with zero attached hydrogens (tertiary/aromatic N) is 1. The summed E-state index contributed by atoms with van der Waals surface area (Å²) in [6.45, 7) is 0. The number of aliphatic carboxylic acids is 2. The van der Waals surface area contributed by atoms with Crippen LogP contribution in [0.2, 0.25) is 5.82 Å². The zero-order valence-electron chi connectivity index (χ0n) is 11.4. The van der Waals surface area contributed by atoms with Gasteiger partial charge in [-0.15, -0.1) is 0 Å². The Morgan fingerprint density at radius 2 is 1.85 bits per heavy atom. The molecule has 0 rings (SSSR count). The molecular formula is C11H20N2O5SSe. The van der Waals surface area contributed by atoms with Gasteiger partial charge in [0, 0.05) is 0 Å². The minimum absolute atomic E-state index is 0.00954. The van der Waals surface area contributed by atoms with Gasteiger partial charge in [0.25, 0.3) is 0 Å². The monoisotopic (exact) mass is 372 g/mol. The maximum absolute atomic E-state index is 12.0. The molecule has 1 amide bonds. The van der Waals surface area contributed by atoms with E-state index in [1.54, 1.807) is 5.82 Å². The Kier molecular flexibility index (Phi) is 9.66. The van der Waals surface area contributed by atoms with Crippen LogP contribution in [-0.2, 0) is 14.4 Å². The molecule has 20 heavy (non-hydrogen) atoms. The number of hydrogen-bond donors (Lipinski definition) is 3. The molecule has 2 unspecified atom stereocenters. The molecule has 0 saturated carbocycles. The Morgan fingerprint density at radius 3 is 2.25 bits per heavy atom. The molecule has 0 fully saturated rings. The predicted molar refractivity (Wildman–Crippen MR) is 77.7 cm³/mol. The summed E-state index contributed by atoms with van der Waals surface area (Å²) in [6, 6.07) is -1.94. The van der Waals surface area contributed by atoms with E-state index in [1.807, 2.05) is 6.26 Å². The summed E-state index contributed by atoms with van der Waals surface area (Å²) in [5.74, 6) is -0.136. The average Bonchev–Trinajstić information content (AvgIpc) is 2.39. The van der Waals surface area contributed by atoms with Crippen LogP contribution in [0.25, 0.3) is 0 Å². The standard InChI is InChI=1S/C11H20N2O5SSe/c1-19-6-5-8(11(17)18)13(20-2)9(14)4-3-7(12)10(15)16/h7-8H,3-6,12H2,1-2H3,(H,15,16)(H,17,18). The zero-order chi connectivity index (χ0) is 15.7. The van der Waals surface area contributed by atoms with Gasteiger partial charge in [-0.25, -0.2) is 0 Å². The summed E-state index contributed by atoms with van der Waals surface area (Å²) < 4.78 is 1.33. The van der Waals surface area contributed by atoms with Crippen molar-refractivity contribution >= 4 is 44.8 Å². The first-order valence-electron chi connectivity index (χ1n) is 5.91. The van der Waals surface area contributed by atoms with Gasteiger partial charge in [-0.1, -0.05) is 0 Å². The summed E-state index contributed by atoms with van der Waals surface area (Å²) in [4.78, 5) is 33.9. The van der Waals surface area contributed by atoms with E-state index >= 15 is 0 Å². The SMILES string of the molecule is CSCCC(C(=O)O)N([Se]C)C(=O)CCC(N)C(=O)O. The van der Waals surface area contributed by atoms with E-state index in [4.69, 9.17) is 10.8 Å². The molecule has 9 heteroatoms. The van der Waals surface area contributed by atoms with Crippen LogP contribution < -0.4 is 5.73 Å². The Hall–Kier alpha value is -0.761. The molecule has 0 aliphatic carbocycles. The van der Waals surface area contributed by atoms with E-state index in [2.05, 4.69) is 0 Å². The molecule has 0 saturated heterocycles. The zero-order valence-corrected chi connectivity index (χ0v) is 14.0. The van der Waals surface area contributed by atoms with Crippen LogP contribution in [0.5, 0.6) is 0 Å². The Morgan fingerprint density at radius 1 is 1.25 bits per heavy atom. The van der Waals surface area contributed by atoms with Gasteiger partial charge in [0.05, 0.1) is 0 Å². The van der Waals surface area contributed by atoms with Crippen LogP contribution in [0, 0.1) is 0 Å². The molecule has 4 N–H and O–H groups in total. The van der Waals surface area contributed by atoms with Crippen molar-refractivity contribution in [1.82, 2.24) is 3.92 Å². The van der Waals surface area contributed by atoms with Gasteiger partial charge in [-0.05, 0) is 0 Å². The molecule has 0 spiro atoms. The molecule has 0 aromatic carbocycles. The number of carbonyl (C=O) groups is 3. The number of rotatable bonds is 10. The van der Waals surface area contributed by atoms with Crippen LogP contribution >= 0.6 is 11.8 Å². The fourth-order valence-corrected chi connectivity index (χ4v) is 3.51. The quantitative estimate of drug-likeness (QED) is 0.458. The molecule has 7 nitrogen and oxygen atoms in total. The van der Waals surface area contributed by atoms with Crippen molar-refractivity contribution < 1.29 is 24.6 Å². The van der Waals surface area contributed by atoms with Crippen molar-refractivity contribution in [3.8, 4) is 0 Å². The number of thioether (sulfide) groups is 1. The first-order valence-corrected chi connectivity index (χ1v) is 9.78. The number of nitrogens with two attached hydrogens (primary N) is 1. The summed E-state index contributed by atoms with van der Waals surface area (Å²) in [7, 11) is 0. The molecule has 0 heterocycles. The van der Waals surface area contributed by atoms with Gasteiger partial charge >= 0.3 is 128 Å². The molecule has 0 aromatic heterocycles. The normalized spacial score (nSPS) is 13.6. The van der Waals surface area contributed by atoms with Gasteiger partial charge in [-0.2, -0.15) is 0 Å². The van der Waals surface area contributed by atoms with E-state index in [0.29, 0.717) is 12.2 Å². The Balaban J connectivity index is 4.64. The van der Waals surface area contributed by atoms with Crippen molar-refractivity contribution in [2.24, 2.45) is 5.73 Å². The van der Waals surface area contributed by atoms with Gasteiger partial charge in [-0.3, -0.25) is 0 Å². The van der Waals surface area contributed by atoms with Crippen molar-refractivity contribution in [3.63, 3.8) is 0 Å². The van der Waals surface area contributed by atoms with Gasteiger partial charge in [0.1, 0.15) is 0 Å². The topological polar surface area (TPSA) is 121 Å². The minimum atomic E-state index is -1.16. The first-order chi connectivity index (χ1) is 9.34. The van der Waals surface area contributed by atoms with Gasteiger partial charge < -0.3 is 0 Å². The summed E-state index contributed by atoms with van der Waals surface area (Å²) >= 11 is 1.22. The van der Waals surface area contributed by atoms with Crippen molar-refractivity contribution in [3.05, 3.63) is 0 Å². The second kappa shape index (κ2) is 10.0. The van der Waals surface area contributed by atoms with E-state index in [-0.39, 0.29) is 33.9 Å². The van der Waals surface area contributed by atoms with E-state index in [1.165, 1.54) is 15.7 Å². The second-order valence-corrected chi connectivity index (χ2v) is 6.60. The third kappa shape index (κ3) is 6.60. The number of carbonyl (C=O) groups excluding carboxylic acids is 1. The number of amides is 1. The number of hydrogen-bond acceptors (Lipinski definition) is 5. The Labute approximate surface area is 128 Å². The molecule has 0 aliphatic rings. The summed E-state index contributed by atoms with van der Waals surface area (Å²) in [5.41, 5.74) is 5.34. The predicted octanol–water partition coefficient (Wildman–Crippen LogP) is -0.119. The molecule has 116 valence electrons. The van der Waals surface area contributed by atoms with Crippen molar-refractivity contribution in [1.29, 1.82) is 0 Å². The molecule has 0 aliphatic heterocycles. The van der Waals surface area contributed by atoms with Crippen LogP contribution in [0.4, 0.5) is 0 Å². The van der Waals surface area contributed by atoms with Gasteiger partial charge in [0.2, 0.25) is 0 Å². The second-order valence-electron chi connectivity index (χ2n) is 4.02. The van der Waals surface area contributed by atoms with Crippen LogP contribution in [0.15, 0.2) is 0 Å². The molecule has 0 aromatic rings. The van der Waals surface area contributed by atoms with Crippen molar-refractivity contribution in [2.45, 2.75) is 37.2 Å². The van der Waals surface area contributed by atoms with E-state index in [9.17, 15) is 19.5 Å². The molecule has 2 atom stereocenters. The fourth-order valence-electron chi connectivity index (χ4n) is 1.49. The molecule has 0 radical (unpaired) electrons. The summed E-state index contributed by atoms with van der Waals surface area (Å²) in [5, 5.41) is 17.9. The van der Waals surface area contributed by atoms with E-state index < -0.39 is 24.0 Å². The average molecular weight is 371 g/mol. The van der Waals surface area contributed by atoms with Crippen molar-refractivity contribution in [2.75, 3.05) is 12.0 Å². The third-order valence-electron chi connectivity index (χ3n) is 2.59. The number of carboxylic acid groups (broad SMARTS) is 2. The molecule has 0 bridgehead atoms. The summed E-state index contributed by atoms with van der Waals surface area (Å²) in [6.07, 6.45) is 2.21. The first kappa shape index (κ1) is 19.2. The van der Waals surface area contributed by atoms with E-state index in [0.717, 1.165) is 0 Å². The fraction of sp³-hybridized carbons (Fsp3) is 0.727. The Bertz CT molecular complexity index is 356. The van der Waals surface area contributed by atoms with Gasteiger partial charge in [0.15, 0.2) is 0 Å². The maximum atomic E-state index is 12.0. The molecular weight excluding hydrogens is 351 g/mol. The van der Waals surface area contributed by atoms with Crippen LogP contribution in [0.1, 0.15) is 19.3 Å². The van der Waals surface area contributed by atoms with Crippen LogP contribution in [0.3, 0.4) is 0 Å². The third-order valence-corrected chi connectivity index (χ3v) is 5.02. The van der Waals surface area contributed by atoms with Crippen LogP contribution in [-0.4, -0.2) is 71.2 Å².